The Morgan fingerprint density at radius 1 is 1.50 bits per heavy atom. The van der Waals surface area contributed by atoms with Gasteiger partial charge in [0, 0.05) is 12.3 Å². The smallest absolute Gasteiger partial charge is 0.309 e. The van der Waals surface area contributed by atoms with Crippen LogP contribution in [0.5, 0.6) is 0 Å². The summed E-state index contributed by atoms with van der Waals surface area (Å²) in [4.78, 5) is 22.2. The fourth-order valence-corrected chi connectivity index (χ4v) is 1.97. The fraction of sp³-hybridized carbons (Fsp3) is 0.778. The summed E-state index contributed by atoms with van der Waals surface area (Å²) in [6, 6.07) is 0. The van der Waals surface area contributed by atoms with E-state index >= 15 is 0 Å². The number of methoxy groups -OCH3 is 1. The highest BCUT2D eigenvalue weighted by Crippen LogP contribution is 2.48. The molecule has 0 aromatic carbocycles. The molecule has 0 bridgehead atoms. The maximum Gasteiger partial charge on any atom is 0.309 e. The highest BCUT2D eigenvalue weighted by Gasteiger charge is 2.52. The third kappa shape index (κ3) is 1.04. The third-order valence-corrected chi connectivity index (χ3v) is 2.86. The molecular weight excluding hydrogens is 156 g/mol. The van der Waals surface area contributed by atoms with E-state index < -0.39 is 0 Å². The van der Waals surface area contributed by atoms with Crippen molar-refractivity contribution in [1.82, 2.24) is 0 Å². The Balaban J connectivity index is 2.00. The average Bonchev–Trinajstić information content (AvgIpc) is 2.82. The van der Waals surface area contributed by atoms with Crippen molar-refractivity contribution in [2.45, 2.75) is 19.3 Å². The summed E-state index contributed by atoms with van der Waals surface area (Å²) >= 11 is 0. The normalized spacial score (nSPS) is 34.2. The topological polar surface area (TPSA) is 43.4 Å². The number of carbonyl (C=O) groups is 2. The van der Waals surface area contributed by atoms with Crippen molar-refractivity contribution < 1.29 is 14.3 Å². The second-order valence-electron chi connectivity index (χ2n) is 3.66. The van der Waals surface area contributed by atoms with Crippen LogP contribution in [0.4, 0.5) is 0 Å². The van der Waals surface area contributed by atoms with Gasteiger partial charge in [-0.3, -0.25) is 9.59 Å². The predicted molar refractivity (Wildman–Crippen MR) is 41.3 cm³/mol. The Kier molecular flexibility index (Phi) is 1.67. The minimum absolute atomic E-state index is 0.0115. The lowest BCUT2D eigenvalue weighted by atomic mass is 9.69. The minimum Gasteiger partial charge on any atom is -0.469 e. The number of hydrogen-bond acceptors (Lipinski definition) is 3. The first-order chi connectivity index (χ1) is 5.74. The highest BCUT2D eigenvalue weighted by molar-refractivity contribution is 5.96. The zero-order chi connectivity index (χ0) is 8.72. The summed E-state index contributed by atoms with van der Waals surface area (Å²) in [7, 11) is 1.38. The number of esters is 1. The van der Waals surface area contributed by atoms with Gasteiger partial charge in [-0.15, -0.1) is 0 Å². The minimum atomic E-state index is -0.202. The molecule has 0 aromatic heterocycles. The molecule has 0 spiro atoms. The maximum atomic E-state index is 11.1. The van der Waals surface area contributed by atoms with Gasteiger partial charge in [-0.05, 0) is 18.8 Å². The van der Waals surface area contributed by atoms with Crippen molar-refractivity contribution in [2.24, 2.45) is 17.8 Å². The molecule has 66 valence electrons. The number of ether oxygens (including phenoxy) is 1. The van der Waals surface area contributed by atoms with Crippen LogP contribution < -0.4 is 0 Å². The highest BCUT2D eigenvalue weighted by atomic mass is 16.5. The lowest BCUT2D eigenvalue weighted by Crippen LogP contribution is -2.43. The standard InChI is InChI=1S/C9H12O3/c1-12-9(11)6-4-7(10)8(6)5-2-3-5/h5-6,8H,2-4H2,1H3. The van der Waals surface area contributed by atoms with Gasteiger partial charge in [0.1, 0.15) is 5.78 Å². The van der Waals surface area contributed by atoms with Crippen LogP contribution in [0.1, 0.15) is 19.3 Å². The number of Topliss-reactive ketones (excluding diaryl/α,β-unsaturated/α-hetero) is 1. The molecule has 2 unspecified atom stereocenters. The molecule has 0 aromatic rings. The quantitative estimate of drug-likeness (QED) is 0.572. The van der Waals surface area contributed by atoms with E-state index in [2.05, 4.69) is 4.74 Å². The second kappa shape index (κ2) is 2.57. The Bertz CT molecular complexity index is 230. The van der Waals surface area contributed by atoms with Gasteiger partial charge in [-0.25, -0.2) is 0 Å². The molecule has 2 saturated carbocycles. The van der Waals surface area contributed by atoms with Crippen molar-refractivity contribution >= 4 is 11.8 Å². The van der Waals surface area contributed by atoms with Crippen molar-refractivity contribution in [2.75, 3.05) is 7.11 Å². The van der Waals surface area contributed by atoms with E-state index in [0.29, 0.717) is 12.3 Å². The van der Waals surface area contributed by atoms with Crippen molar-refractivity contribution in [3.8, 4) is 0 Å². The molecule has 0 N–H and O–H groups in total. The van der Waals surface area contributed by atoms with Gasteiger partial charge in [-0.2, -0.15) is 0 Å². The molecule has 2 rings (SSSR count). The van der Waals surface area contributed by atoms with E-state index in [9.17, 15) is 9.59 Å². The maximum absolute atomic E-state index is 11.1. The molecule has 0 heterocycles. The monoisotopic (exact) mass is 168 g/mol. The van der Waals surface area contributed by atoms with Crippen LogP contribution in [-0.2, 0) is 14.3 Å². The first kappa shape index (κ1) is 7.77. The number of ketones is 1. The zero-order valence-electron chi connectivity index (χ0n) is 7.08. The van der Waals surface area contributed by atoms with Gasteiger partial charge in [0.25, 0.3) is 0 Å². The van der Waals surface area contributed by atoms with E-state index in [1.807, 2.05) is 0 Å². The van der Waals surface area contributed by atoms with Crippen LogP contribution >= 0.6 is 0 Å². The summed E-state index contributed by atoms with van der Waals surface area (Å²) in [6.07, 6.45) is 2.64. The van der Waals surface area contributed by atoms with E-state index in [-0.39, 0.29) is 23.6 Å². The molecule has 3 heteroatoms. The predicted octanol–water partition coefficient (Wildman–Crippen LogP) is 0.775. The van der Waals surface area contributed by atoms with Crippen LogP contribution in [-0.4, -0.2) is 18.9 Å². The Labute approximate surface area is 71.1 Å². The summed E-state index contributed by atoms with van der Waals surface area (Å²) in [5, 5.41) is 0. The summed E-state index contributed by atoms with van der Waals surface area (Å²) in [6.45, 7) is 0. The van der Waals surface area contributed by atoms with E-state index in [0.717, 1.165) is 12.8 Å². The molecule has 0 aliphatic heterocycles. The molecule has 0 amide bonds. The van der Waals surface area contributed by atoms with Crippen LogP contribution in [0.3, 0.4) is 0 Å². The molecule has 3 nitrogen and oxygen atoms in total. The van der Waals surface area contributed by atoms with Gasteiger partial charge >= 0.3 is 5.97 Å². The van der Waals surface area contributed by atoms with Crippen LogP contribution in [0, 0.1) is 17.8 Å². The van der Waals surface area contributed by atoms with Crippen molar-refractivity contribution in [1.29, 1.82) is 0 Å². The summed E-state index contributed by atoms with van der Waals surface area (Å²) in [5.74, 6) is 0.446. The molecule has 2 aliphatic carbocycles. The molecule has 12 heavy (non-hydrogen) atoms. The number of rotatable bonds is 2. The summed E-state index contributed by atoms with van der Waals surface area (Å²) in [5.41, 5.74) is 0. The van der Waals surface area contributed by atoms with Gasteiger partial charge in [0.2, 0.25) is 0 Å². The number of hydrogen-bond donors (Lipinski definition) is 0. The van der Waals surface area contributed by atoms with Gasteiger partial charge in [-0.1, -0.05) is 0 Å². The molecule has 0 radical (unpaired) electrons. The van der Waals surface area contributed by atoms with Gasteiger partial charge in [0.05, 0.1) is 13.0 Å². The van der Waals surface area contributed by atoms with E-state index in [1.54, 1.807) is 0 Å². The summed E-state index contributed by atoms with van der Waals surface area (Å²) < 4.78 is 4.62. The van der Waals surface area contributed by atoms with Gasteiger partial charge in [0.15, 0.2) is 0 Å². The lowest BCUT2D eigenvalue weighted by Gasteiger charge is -2.32. The van der Waals surface area contributed by atoms with Crippen LogP contribution in [0.15, 0.2) is 0 Å². The van der Waals surface area contributed by atoms with Gasteiger partial charge < -0.3 is 4.74 Å². The Morgan fingerprint density at radius 2 is 2.17 bits per heavy atom. The zero-order valence-corrected chi connectivity index (χ0v) is 7.08. The SMILES string of the molecule is COC(=O)C1CC(=O)C1C1CC1. The van der Waals surface area contributed by atoms with Crippen LogP contribution in [0.25, 0.3) is 0 Å². The fourth-order valence-electron chi connectivity index (χ4n) is 1.97. The Morgan fingerprint density at radius 3 is 2.58 bits per heavy atom. The largest absolute Gasteiger partial charge is 0.469 e. The van der Waals surface area contributed by atoms with Crippen molar-refractivity contribution in [3.63, 3.8) is 0 Å². The van der Waals surface area contributed by atoms with Crippen molar-refractivity contribution in [3.05, 3.63) is 0 Å². The third-order valence-electron chi connectivity index (χ3n) is 2.86. The van der Waals surface area contributed by atoms with E-state index in [4.69, 9.17) is 0 Å². The van der Waals surface area contributed by atoms with Crippen LogP contribution in [0.2, 0.25) is 0 Å². The molecule has 2 aliphatic rings. The molecule has 2 fully saturated rings. The first-order valence-corrected chi connectivity index (χ1v) is 4.34. The lowest BCUT2D eigenvalue weighted by molar-refractivity contribution is -0.159. The first-order valence-electron chi connectivity index (χ1n) is 4.34. The molecular formula is C9H12O3. The second-order valence-corrected chi connectivity index (χ2v) is 3.66. The van der Waals surface area contributed by atoms with E-state index in [1.165, 1.54) is 7.11 Å². The Hall–Kier alpha value is -0.860. The number of carbonyl (C=O) groups excluding carboxylic acids is 2. The molecule has 0 saturated heterocycles. The molecule has 2 atom stereocenters. The average molecular weight is 168 g/mol.